The Kier molecular flexibility index (Phi) is 6.55. The van der Waals surface area contributed by atoms with Gasteiger partial charge >= 0.3 is 12.1 Å². The number of hydrogen-bond donors (Lipinski definition) is 1. The minimum Gasteiger partial charge on any atom is -0.467 e. The molecule has 2 aromatic rings. The van der Waals surface area contributed by atoms with Crippen LogP contribution in [0.3, 0.4) is 0 Å². The van der Waals surface area contributed by atoms with E-state index >= 15 is 0 Å². The van der Waals surface area contributed by atoms with Gasteiger partial charge in [0, 0.05) is 6.42 Å². The SMILES string of the molecule is COC(=O)[C@H](Cc1ccc(-c2ccc(F)cc2)cc1)NC(=O)OC(C)(C)C. The van der Waals surface area contributed by atoms with Crippen molar-refractivity contribution in [3.05, 3.63) is 59.9 Å². The molecule has 0 saturated heterocycles. The number of benzene rings is 2. The van der Waals surface area contributed by atoms with Gasteiger partial charge < -0.3 is 14.8 Å². The molecule has 0 aliphatic rings. The van der Waals surface area contributed by atoms with E-state index in [0.29, 0.717) is 0 Å². The van der Waals surface area contributed by atoms with Crippen LogP contribution < -0.4 is 5.32 Å². The summed E-state index contributed by atoms with van der Waals surface area (Å²) in [4.78, 5) is 24.0. The van der Waals surface area contributed by atoms with Crippen LogP contribution in [0.25, 0.3) is 11.1 Å². The maximum Gasteiger partial charge on any atom is 0.408 e. The zero-order valence-corrected chi connectivity index (χ0v) is 15.9. The number of nitrogens with one attached hydrogen (secondary N) is 1. The Bertz CT molecular complexity index is 779. The Balaban J connectivity index is 2.09. The highest BCUT2D eigenvalue weighted by atomic mass is 19.1. The molecule has 0 saturated carbocycles. The van der Waals surface area contributed by atoms with E-state index in [2.05, 4.69) is 5.32 Å². The smallest absolute Gasteiger partial charge is 0.408 e. The van der Waals surface area contributed by atoms with Crippen molar-refractivity contribution in [1.82, 2.24) is 5.32 Å². The van der Waals surface area contributed by atoms with Gasteiger partial charge in [-0.15, -0.1) is 0 Å². The van der Waals surface area contributed by atoms with Gasteiger partial charge in [-0.1, -0.05) is 36.4 Å². The lowest BCUT2D eigenvalue weighted by Gasteiger charge is -2.22. The molecule has 1 atom stereocenters. The van der Waals surface area contributed by atoms with Crippen LogP contribution in [0.5, 0.6) is 0 Å². The van der Waals surface area contributed by atoms with Crippen molar-refractivity contribution in [3.63, 3.8) is 0 Å². The molecule has 6 heteroatoms. The number of esters is 1. The van der Waals surface area contributed by atoms with E-state index in [0.717, 1.165) is 16.7 Å². The largest absolute Gasteiger partial charge is 0.467 e. The lowest BCUT2D eigenvalue weighted by Crippen LogP contribution is -2.45. The molecule has 0 aromatic heterocycles. The molecule has 27 heavy (non-hydrogen) atoms. The monoisotopic (exact) mass is 373 g/mol. The van der Waals surface area contributed by atoms with Crippen molar-refractivity contribution >= 4 is 12.1 Å². The second kappa shape index (κ2) is 8.66. The Morgan fingerprint density at radius 1 is 1.00 bits per heavy atom. The van der Waals surface area contributed by atoms with Gasteiger partial charge in [0.2, 0.25) is 0 Å². The molecule has 0 fully saturated rings. The molecular formula is C21H24FNO4. The van der Waals surface area contributed by atoms with E-state index in [1.54, 1.807) is 32.9 Å². The average Bonchev–Trinajstić information content (AvgIpc) is 2.60. The van der Waals surface area contributed by atoms with Crippen LogP contribution in [-0.4, -0.2) is 30.8 Å². The van der Waals surface area contributed by atoms with Crippen molar-refractivity contribution in [2.75, 3.05) is 7.11 Å². The van der Waals surface area contributed by atoms with E-state index in [-0.39, 0.29) is 12.2 Å². The molecule has 144 valence electrons. The maximum absolute atomic E-state index is 13.0. The zero-order valence-electron chi connectivity index (χ0n) is 15.9. The van der Waals surface area contributed by atoms with Crippen molar-refractivity contribution in [3.8, 4) is 11.1 Å². The van der Waals surface area contributed by atoms with Crippen LogP contribution in [0, 0.1) is 5.82 Å². The molecule has 1 amide bonds. The molecule has 0 unspecified atom stereocenters. The summed E-state index contributed by atoms with van der Waals surface area (Å²) in [5, 5.41) is 2.55. The van der Waals surface area contributed by atoms with Crippen LogP contribution in [0.4, 0.5) is 9.18 Å². The molecule has 0 aliphatic carbocycles. The minimum atomic E-state index is -0.860. The van der Waals surface area contributed by atoms with Crippen molar-refractivity contribution < 1.29 is 23.5 Å². The predicted octanol–water partition coefficient (Wildman–Crippen LogP) is 4.10. The number of hydrogen-bond acceptors (Lipinski definition) is 4. The van der Waals surface area contributed by atoms with Gasteiger partial charge in [-0.25, -0.2) is 14.0 Å². The molecule has 0 spiro atoms. The highest BCUT2D eigenvalue weighted by Crippen LogP contribution is 2.20. The summed E-state index contributed by atoms with van der Waals surface area (Å²) in [5.74, 6) is -0.840. The van der Waals surface area contributed by atoms with Gasteiger partial charge in [0.05, 0.1) is 7.11 Å². The Hall–Kier alpha value is -2.89. The van der Waals surface area contributed by atoms with Crippen molar-refractivity contribution in [1.29, 1.82) is 0 Å². The van der Waals surface area contributed by atoms with E-state index < -0.39 is 23.7 Å². The second-order valence-electron chi connectivity index (χ2n) is 7.13. The molecule has 2 rings (SSSR count). The molecule has 0 heterocycles. The molecular weight excluding hydrogens is 349 g/mol. The van der Waals surface area contributed by atoms with Crippen molar-refractivity contribution in [2.24, 2.45) is 0 Å². The molecule has 5 nitrogen and oxygen atoms in total. The number of amides is 1. The van der Waals surface area contributed by atoms with Gasteiger partial charge in [-0.2, -0.15) is 0 Å². The van der Waals surface area contributed by atoms with Crippen molar-refractivity contribution in [2.45, 2.75) is 38.8 Å². The Labute approximate surface area is 158 Å². The normalized spacial score (nSPS) is 12.2. The first-order chi connectivity index (χ1) is 12.7. The molecule has 2 aromatic carbocycles. The summed E-state index contributed by atoms with van der Waals surface area (Å²) >= 11 is 0. The summed E-state index contributed by atoms with van der Waals surface area (Å²) < 4.78 is 23.0. The van der Waals surface area contributed by atoms with E-state index in [1.807, 2.05) is 24.3 Å². The number of alkyl carbamates (subject to hydrolysis) is 1. The van der Waals surface area contributed by atoms with E-state index in [9.17, 15) is 14.0 Å². The first-order valence-electron chi connectivity index (χ1n) is 8.60. The first kappa shape index (κ1) is 20.4. The molecule has 1 N–H and O–H groups in total. The second-order valence-corrected chi connectivity index (χ2v) is 7.13. The minimum absolute atomic E-state index is 0.260. The lowest BCUT2D eigenvalue weighted by atomic mass is 10.0. The highest BCUT2D eigenvalue weighted by Gasteiger charge is 2.25. The van der Waals surface area contributed by atoms with Crippen LogP contribution in [0.2, 0.25) is 0 Å². The summed E-state index contributed by atoms with van der Waals surface area (Å²) in [6, 6.07) is 12.8. The molecule has 0 bridgehead atoms. The van der Waals surface area contributed by atoms with Crippen LogP contribution in [0.15, 0.2) is 48.5 Å². The first-order valence-corrected chi connectivity index (χ1v) is 8.60. The maximum atomic E-state index is 13.0. The third kappa shape index (κ3) is 6.40. The zero-order chi connectivity index (χ0) is 20.0. The van der Waals surface area contributed by atoms with Crippen LogP contribution in [0.1, 0.15) is 26.3 Å². The highest BCUT2D eigenvalue weighted by molar-refractivity contribution is 5.81. The summed E-state index contributed by atoms with van der Waals surface area (Å²) in [7, 11) is 1.27. The number of carbonyl (C=O) groups is 2. The van der Waals surface area contributed by atoms with Gasteiger partial charge in [-0.05, 0) is 49.6 Å². The van der Waals surface area contributed by atoms with E-state index in [1.165, 1.54) is 19.2 Å². The standard InChI is InChI=1S/C21H24FNO4/c1-21(2,3)27-20(25)23-18(19(24)26-4)13-14-5-7-15(8-6-14)16-9-11-17(22)12-10-16/h5-12,18H,13H2,1-4H3,(H,23,25)/t18-/m0/s1. The van der Waals surface area contributed by atoms with Gasteiger partial charge in [0.15, 0.2) is 0 Å². The summed E-state index contributed by atoms with van der Waals surface area (Å²) in [6.45, 7) is 5.23. The quantitative estimate of drug-likeness (QED) is 0.802. The van der Waals surface area contributed by atoms with Gasteiger partial charge in [-0.3, -0.25) is 0 Å². The third-order valence-corrected chi connectivity index (χ3v) is 3.75. The molecule has 0 aliphatic heterocycles. The predicted molar refractivity (Wildman–Crippen MR) is 101 cm³/mol. The summed E-state index contributed by atoms with van der Waals surface area (Å²) in [6.07, 6.45) is -0.420. The van der Waals surface area contributed by atoms with Crippen LogP contribution >= 0.6 is 0 Å². The average molecular weight is 373 g/mol. The molecule has 0 radical (unpaired) electrons. The Morgan fingerprint density at radius 3 is 2.00 bits per heavy atom. The third-order valence-electron chi connectivity index (χ3n) is 3.75. The van der Waals surface area contributed by atoms with Gasteiger partial charge in [0.25, 0.3) is 0 Å². The topological polar surface area (TPSA) is 64.6 Å². The Morgan fingerprint density at radius 2 is 1.52 bits per heavy atom. The van der Waals surface area contributed by atoms with Gasteiger partial charge in [0.1, 0.15) is 17.5 Å². The fourth-order valence-electron chi connectivity index (χ4n) is 2.50. The number of ether oxygens (including phenoxy) is 2. The number of carbonyl (C=O) groups excluding carboxylic acids is 2. The number of halogens is 1. The number of rotatable bonds is 5. The summed E-state index contributed by atoms with van der Waals surface area (Å²) in [5.41, 5.74) is 1.99. The lowest BCUT2D eigenvalue weighted by molar-refractivity contribution is -0.143. The fraction of sp³-hybridized carbons (Fsp3) is 0.333. The number of methoxy groups -OCH3 is 1. The van der Waals surface area contributed by atoms with Crippen LogP contribution in [-0.2, 0) is 20.7 Å². The van der Waals surface area contributed by atoms with E-state index in [4.69, 9.17) is 9.47 Å². The fourth-order valence-corrected chi connectivity index (χ4v) is 2.50.